The molecule has 0 aliphatic heterocycles. The Morgan fingerprint density at radius 1 is 1.20 bits per heavy atom. The van der Waals surface area contributed by atoms with Crippen LogP contribution in [0.4, 0.5) is 11.4 Å². The molecule has 1 rings (SSSR count). The number of carbonyl (C=O) groups excluding carboxylic acids is 2. The van der Waals surface area contributed by atoms with E-state index in [2.05, 4.69) is 10.6 Å². The molecule has 4 N–H and O–H groups in total. The van der Waals surface area contributed by atoms with Crippen molar-refractivity contribution in [2.45, 2.75) is 13.8 Å². The average Bonchev–Trinajstić information content (AvgIpc) is 2.38. The van der Waals surface area contributed by atoms with E-state index < -0.39 is 0 Å². The van der Waals surface area contributed by atoms with Crippen LogP contribution >= 0.6 is 0 Å². The summed E-state index contributed by atoms with van der Waals surface area (Å²) in [6.07, 6.45) is 0. The molecule has 20 heavy (non-hydrogen) atoms. The van der Waals surface area contributed by atoms with E-state index in [-0.39, 0.29) is 24.9 Å². The summed E-state index contributed by atoms with van der Waals surface area (Å²) < 4.78 is 0. The third-order valence-corrected chi connectivity index (χ3v) is 2.73. The number of likely N-dealkylation sites (N-methyl/N-ethyl adjacent to an activating group) is 2. The summed E-state index contributed by atoms with van der Waals surface area (Å²) in [7, 11) is 0. The number of anilines is 2. The molecule has 0 spiro atoms. The number of nitrogens with one attached hydrogen (secondary N) is 2. The van der Waals surface area contributed by atoms with Crippen LogP contribution in [0.3, 0.4) is 0 Å². The number of hydrogen-bond donors (Lipinski definition) is 3. The van der Waals surface area contributed by atoms with Crippen LogP contribution in [-0.4, -0.2) is 42.9 Å². The highest BCUT2D eigenvalue weighted by Gasteiger charge is 2.12. The van der Waals surface area contributed by atoms with Crippen molar-refractivity contribution in [1.82, 2.24) is 10.2 Å². The van der Waals surface area contributed by atoms with Gasteiger partial charge >= 0.3 is 0 Å². The van der Waals surface area contributed by atoms with Gasteiger partial charge in [0, 0.05) is 17.9 Å². The maximum atomic E-state index is 11.9. The topological polar surface area (TPSA) is 87.5 Å². The van der Waals surface area contributed by atoms with Crippen molar-refractivity contribution in [2.24, 2.45) is 0 Å². The third kappa shape index (κ3) is 5.71. The molecule has 0 bridgehead atoms. The minimum absolute atomic E-state index is 0.0777. The van der Waals surface area contributed by atoms with E-state index in [1.54, 1.807) is 29.2 Å². The van der Waals surface area contributed by atoms with Gasteiger partial charge in [0.25, 0.3) is 0 Å². The van der Waals surface area contributed by atoms with Crippen LogP contribution in [0.2, 0.25) is 0 Å². The predicted octanol–water partition coefficient (Wildman–Crippen LogP) is 0.665. The van der Waals surface area contributed by atoms with Crippen LogP contribution < -0.4 is 16.4 Å². The molecule has 2 amide bonds. The maximum absolute atomic E-state index is 11.9. The molecule has 0 fully saturated rings. The third-order valence-electron chi connectivity index (χ3n) is 2.73. The van der Waals surface area contributed by atoms with E-state index >= 15 is 0 Å². The standard InChI is InChI=1S/C14H22N4O2/c1-3-16-13(19)9-18(4-2)10-14(20)17-12-7-5-6-11(15)8-12/h5-8H,3-4,9-10,15H2,1-2H3,(H,16,19)(H,17,20). The number of benzene rings is 1. The van der Waals surface area contributed by atoms with Gasteiger partial charge in [-0.05, 0) is 31.7 Å². The van der Waals surface area contributed by atoms with Gasteiger partial charge in [0.05, 0.1) is 13.1 Å². The molecular formula is C14H22N4O2. The maximum Gasteiger partial charge on any atom is 0.238 e. The summed E-state index contributed by atoms with van der Waals surface area (Å²) in [5.41, 5.74) is 6.90. The molecule has 1 aromatic rings. The fourth-order valence-corrected chi connectivity index (χ4v) is 1.76. The number of rotatable bonds is 7. The molecule has 0 atom stereocenters. The van der Waals surface area contributed by atoms with Crippen LogP contribution in [-0.2, 0) is 9.59 Å². The monoisotopic (exact) mass is 278 g/mol. The first-order chi connectivity index (χ1) is 9.55. The lowest BCUT2D eigenvalue weighted by atomic mass is 10.3. The van der Waals surface area contributed by atoms with Gasteiger partial charge in [-0.15, -0.1) is 0 Å². The average molecular weight is 278 g/mol. The highest BCUT2D eigenvalue weighted by Crippen LogP contribution is 2.11. The zero-order valence-corrected chi connectivity index (χ0v) is 12.0. The highest BCUT2D eigenvalue weighted by atomic mass is 16.2. The van der Waals surface area contributed by atoms with Crippen LogP contribution in [0.5, 0.6) is 0 Å². The van der Waals surface area contributed by atoms with E-state index in [1.165, 1.54) is 0 Å². The molecule has 0 saturated carbocycles. The lowest BCUT2D eigenvalue weighted by Crippen LogP contribution is -2.41. The number of amides is 2. The van der Waals surface area contributed by atoms with Gasteiger partial charge in [-0.25, -0.2) is 0 Å². The summed E-state index contributed by atoms with van der Waals surface area (Å²) >= 11 is 0. The minimum Gasteiger partial charge on any atom is -0.399 e. The van der Waals surface area contributed by atoms with E-state index in [4.69, 9.17) is 5.73 Å². The van der Waals surface area contributed by atoms with Gasteiger partial charge in [0.2, 0.25) is 11.8 Å². The Balaban J connectivity index is 2.48. The lowest BCUT2D eigenvalue weighted by Gasteiger charge is -2.19. The fraction of sp³-hybridized carbons (Fsp3) is 0.429. The van der Waals surface area contributed by atoms with Crippen molar-refractivity contribution in [3.05, 3.63) is 24.3 Å². The first-order valence-electron chi connectivity index (χ1n) is 6.69. The Morgan fingerprint density at radius 2 is 1.90 bits per heavy atom. The number of nitrogen functional groups attached to an aromatic ring is 1. The Morgan fingerprint density at radius 3 is 2.50 bits per heavy atom. The molecule has 0 unspecified atom stereocenters. The first-order valence-corrected chi connectivity index (χ1v) is 6.69. The molecule has 0 aromatic heterocycles. The predicted molar refractivity (Wildman–Crippen MR) is 80.3 cm³/mol. The lowest BCUT2D eigenvalue weighted by molar-refractivity contribution is -0.123. The molecule has 0 aliphatic carbocycles. The summed E-state index contributed by atoms with van der Waals surface area (Å²) in [6.45, 7) is 5.37. The van der Waals surface area contributed by atoms with Crippen LogP contribution in [0.15, 0.2) is 24.3 Å². The summed E-state index contributed by atoms with van der Waals surface area (Å²) in [5, 5.41) is 5.47. The Bertz CT molecular complexity index is 462. The number of nitrogens with two attached hydrogens (primary N) is 1. The molecular weight excluding hydrogens is 256 g/mol. The van der Waals surface area contributed by atoms with E-state index in [0.717, 1.165) is 0 Å². The molecule has 6 nitrogen and oxygen atoms in total. The van der Waals surface area contributed by atoms with Gasteiger partial charge in [-0.2, -0.15) is 0 Å². The first kappa shape index (κ1) is 16.0. The summed E-state index contributed by atoms with van der Waals surface area (Å²) in [6, 6.07) is 6.99. The van der Waals surface area contributed by atoms with Crippen molar-refractivity contribution in [1.29, 1.82) is 0 Å². The molecule has 0 radical (unpaired) electrons. The van der Waals surface area contributed by atoms with Gasteiger partial charge in [-0.3, -0.25) is 14.5 Å². The molecule has 6 heteroatoms. The van der Waals surface area contributed by atoms with Gasteiger partial charge in [-0.1, -0.05) is 13.0 Å². The smallest absolute Gasteiger partial charge is 0.238 e. The van der Waals surface area contributed by atoms with Crippen molar-refractivity contribution < 1.29 is 9.59 Å². The Labute approximate surface area is 119 Å². The summed E-state index contributed by atoms with van der Waals surface area (Å²) in [5.74, 6) is -0.243. The SMILES string of the molecule is CCNC(=O)CN(CC)CC(=O)Nc1cccc(N)c1. The fourth-order valence-electron chi connectivity index (χ4n) is 1.76. The van der Waals surface area contributed by atoms with Crippen molar-refractivity contribution in [3.8, 4) is 0 Å². The minimum atomic E-state index is -0.165. The van der Waals surface area contributed by atoms with Crippen molar-refractivity contribution in [3.63, 3.8) is 0 Å². The highest BCUT2D eigenvalue weighted by molar-refractivity contribution is 5.93. The van der Waals surface area contributed by atoms with E-state index in [1.807, 2.05) is 13.8 Å². The molecule has 110 valence electrons. The second-order valence-electron chi connectivity index (χ2n) is 4.43. The normalized spacial score (nSPS) is 10.3. The number of hydrogen-bond acceptors (Lipinski definition) is 4. The van der Waals surface area contributed by atoms with E-state index in [9.17, 15) is 9.59 Å². The Hall–Kier alpha value is -2.08. The number of nitrogens with zero attached hydrogens (tertiary/aromatic N) is 1. The van der Waals surface area contributed by atoms with Gasteiger partial charge in [0.15, 0.2) is 0 Å². The van der Waals surface area contributed by atoms with Crippen molar-refractivity contribution in [2.75, 3.05) is 37.2 Å². The quantitative estimate of drug-likeness (QED) is 0.640. The molecule has 0 aliphatic rings. The molecule has 1 aromatic carbocycles. The van der Waals surface area contributed by atoms with Crippen LogP contribution in [0.25, 0.3) is 0 Å². The van der Waals surface area contributed by atoms with Crippen molar-refractivity contribution >= 4 is 23.2 Å². The van der Waals surface area contributed by atoms with E-state index in [0.29, 0.717) is 24.5 Å². The van der Waals surface area contributed by atoms with Gasteiger partial charge < -0.3 is 16.4 Å². The van der Waals surface area contributed by atoms with Gasteiger partial charge in [0.1, 0.15) is 0 Å². The van der Waals surface area contributed by atoms with Crippen LogP contribution in [0, 0.1) is 0 Å². The second kappa shape index (κ2) is 8.16. The molecule has 0 saturated heterocycles. The zero-order chi connectivity index (χ0) is 15.0. The number of carbonyl (C=O) groups is 2. The Kier molecular flexibility index (Phi) is 6.52. The summed E-state index contributed by atoms with van der Waals surface area (Å²) in [4.78, 5) is 25.2. The second-order valence-corrected chi connectivity index (χ2v) is 4.43. The molecule has 0 heterocycles. The van der Waals surface area contributed by atoms with Crippen LogP contribution in [0.1, 0.15) is 13.8 Å². The largest absolute Gasteiger partial charge is 0.399 e. The zero-order valence-electron chi connectivity index (χ0n) is 12.0.